The number of nitrogens with zero attached hydrogens (tertiary/aromatic N) is 2. The Labute approximate surface area is 219 Å². The summed E-state index contributed by atoms with van der Waals surface area (Å²) >= 11 is 5.87. The normalized spacial score (nSPS) is 16.1. The van der Waals surface area contributed by atoms with E-state index >= 15 is 0 Å². The molecule has 194 valence electrons. The number of methoxy groups -OCH3 is 1. The Hall–Kier alpha value is -3.47. The lowest BCUT2D eigenvalue weighted by Gasteiger charge is -2.22. The molecule has 1 N–H and O–H groups in total. The van der Waals surface area contributed by atoms with Gasteiger partial charge in [-0.3, -0.25) is 4.79 Å². The number of hydrazone groups is 1. The molecule has 0 bridgehead atoms. The van der Waals surface area contributed by atoms with Crippen molar-refractivity contribution in [3.8, 4) is 11.5 Å². The summed E-state index contributed by atoms with van der Waals surface area (Å²) in [6.07, 6.45) is 2.38. The molecule has 3 aromatic carbocycles. The molecule has 0 saturated carbocycles. The number of ether oxygens (including phenoxy) is 2. The van der Waals surface area contributed by atoms with Gasteiger partial charge in [-0.2, -0.15) is 9.41 Å². The Morgan fingerprint density at radius 1 is 1.14 bits per heavy atom. The van der Waals surface area contributed by atoms with Gasteiger partial charge in [0, 0.05) is 11.6 Å². The van der Waals surface area contributed by atoms with Crippen molar-refractivity contribution in [2.45, 2.75) is 30.4 Å². The van der Waals surface area contributed by atoms with Gasteiger partial charge in [-0.15, -0.1) is 0 Å². The molecule has 0 radical (unpaired) electrons. The minimum atomic E-state index is -3.86. The monoisotopic (exact) mass is 545 g/mol. The van der Waals surface area contributed by atoms with Crippen molar-refractivity contribution in [1.82, 2.24) is 9.73 Å². The second-order valence-corrected chi connectivity index (χ2v) is 10.6. The van der Waals surface area contributed by atoms with Crippen molar-refractivity contribution in [2.24, 2.45) is 5.10 Å². The molecule has 0 aliphatic carbocycles. The summed E-state index contributed by atoms with van der Waals surface area (Å²) in [5, 5.41) is 4.42. The Balaban J connectivity index is 1.38. The molecular weight excluding hydrogens is 521 g/mol. The van der Waals surface area contributed by atoms with E-state index < -0.39 is 22.0 Å². The molecule has 0 unspecified atom stereocenters. The molecule has 8 nitrogen and oxygen atoms in total. The molecule has 1 amide bonds. The molecule has 1 atom stereocenters. The Bertz CT molecular complexity index is 1380. The zero-order valence-electron chi connectivity index (χ0n) is 19.9. The molecule has 4 rings (SSSR count). The molecular formula is C26H25ClFN3O5S. The molecule has 37 heavy (non-hydrogen) atoms. The van der Waals surface area contributed by atoms with Crippen molar-refractivity contribution < 1.29 is 27.1 Å². The van der Waals surface area contributed by atoms with Crippen molar-refractivity contribution in [1.29, 1.82) is 0 Å². The second kappa shape index (κ2) is 11.7. The lowest BCUT2D eigenvalue weighted by atomic mass is 10.2. The van der Waals surface area contributed by atoms with E-state index in [1.165, 1.54) is 54.0 Å². The van der Waals surface area contributed by atoms with Crippen molar-refractivity contribution in [2.75, 3.05) is 13.7 Å². The summed E-state index contributed by atoms with van der Waals surface area (Å²) in [5.41, 5.74) is 3.87. The van der Waals surface area contributed by atoms with Crippen molar-refractivity contribution >= 4 is 33.7 Å². The van der Waals surface area contributed by atoms with Crippen LogP contribution in [0.2, 0.25) is 5.02 Å². The van der Waals surface area contributed by atoms with Gasteiger partial charge in [0.15, 0.2) is 11.5 Å². The lowest BCUT2D eigenvalue weighted by Crippen LogP contribution is -2.44. The number of amides is 1. The molecule has 1 fully saturated rings. The molecule has 1 heterocycles. The first kappa shape index (κ1) is 26.6. The third-order valence-corrected chi connectivity index (χ3v) is 7.98. The predicted molar refractivity (Wildman–Crippen MR) is 138 cm³/mol. The molecule has 3 aromatic rings. The molecule has 11 heteroatoms. The van der Waals surface area contributed by atoms with Crippen LogP contribution >= 0.6 is 11.6 Å². The zero-order chi connectivity index (χ0) is 26.4. The van der Waals surface area contributed by atoms with E-state index in [1.807, 2.05) is 0 Å². The average Bonchev–Trinajstić information content (AvgIpc) is 3.40. The summed E-state index contributed by atoms with van der Waals surface area (Å²) < 4.78 is 51.5. The third kappa shape index (κ3) is 6.46. The van der Waals surface area contributed by atoms with Gasteiger partial charge in [0.1, 0.15) is 18.5 Å². The maximum atomic E-state index is 13.1. The van der Waals surface area contributed by atoms with Gasteiger partial charge in [-0.05, 0) is 78.6 Å². The number of carbonyl (C=O) groups is 1. The number of hydrogen-bond acceptors (Lipinski definition) is 6. The number of sulfonamides is 1. The van der Waals surface area contributed by atoms with Crippen LogP contribution in [0.15, 0.2) is 76.7 Å². The average molecular weight is 546 g/mol. The maximum absolute atomic E-state index is 13.1. The quantitative estimate of drug-likeness (QED) is 0.318. The van der Waals surface area contributed by atoms with Gasteiger partial charge >= 0.3 is 0 Å². The molecule has 1 saturated heterocycles. The predicted octanol–water partition coefficient (Wildman–Crippen LogP) is 4.37. The Kier molecular flexibility index (Phi) is 8.42. The van der Waals surface area contributed by atoms with E-state index in [1.54, 1.807) is 30.3 Å². The van der Waals surface area contributed by atoms with Crippen LogP contribution in [0.25, 0.3) is 0 Å². The van der Waals surface area contributed by atoms with Crippen LogP contribution in [-0.2, 0) is 21.4 Å². The highest BCUT2D eigenvalue weighted by Gasteiger charge is 2.39. The SMILES string of the molecule is COc1cc(/C=N\NC(=O)[C@H]2CCCN2S(=O)(=O)c2ccc(Cl)cc2)ccc1OCc1ccc(F)cc1. The topological polar surface area (TPSA) is 97.3 Å². The van der Waals surface area contributed by atoms with Gasteiger partial charge < -0.3 is 9.47 Å². The fourth-order valence-electron chi connectivity index (χ4n) is 3.90. The van der Waals surface area contributed by atoms with Crippen LogP contribution in [0.1, 0.15) is 24.0 Å². The number of carbonyl (C=O) groups excluding carboxylic acids is 1. The van der Waals surface area contributed by atoms with E-state index in [2.05, 4.69) is 10.5 Å². The van der Waals surface area contributed by atoms with Crippen LogP contribution in [0, 0.1) is 5.82 Å². The highest BCUT2D eigenvalue weighted by atomic mass is 35.5. The van der Waals surface area contributed by atoms with E-state index in [0.29, 0.717) is 34.9 Å². The van der Waals surface area contributed by atoms with Crippen molar-refractivity contribution in [3.05, 3.63) is 88.7 Å². The lowest BCUT2D eigenvalue weighted by molar-refractivity contribution is -0.124. The number of nitrogens with one attached hydrogen (secondary N) is 1. The standard InChI is InChI=1S/C26H25ClFN3O5S/c1-35-25-15-19(6-13-24(25)36-17-18-4-9-21(28)10-5-18)16-29-30-26(32)23-3-2-14-31(23)37(33,34)22-11-7-20(27)8-12-22/h4-13,15-16,23H,2-3,14,17H2,1H3,(H,30,32)/b29-16-/t23-/m1/s1. The van der Waals surface area contributed by atoms with E-state index in [0.717, 1.165) is 5.56 Å². The highest BCUT2D eigenvalue weighted by Crippen LogP contribution is 2.29. The van der Waals surface area contributed by atoms with Gasteiger partial charge in [0.25, 0.3) is 5.91 Å². The number of halogens is 2. The van der Waals surface area contributed by atoms with Crippen LogP contribution in [0.4, 0.5) is 4.39 Å². The summed E-state index contributed by atoms with van der Waals surface area (Å²) in [5.74, 6) is 0.105. The van der Waals surface area contributed by atoms with Crippen LogP contribution < -0.4 is 14.9 Å². The van der Waals surface area contributed by atoms with Crippen LogP contribution in [0.5, 0.6) is 11.5 Å². The fourth-order valence-corrected chi connectivity index (χ4v) is 5.68. The number of benzene rings is 3. The second-order valence-electron chi connectivity index (χ2n) is 8.29. The number of rotatable bonds is 9. The fraction of sp³-hybridized carbons (Fsp3) is 0.231. The summed E-state index contributed by atoms with van der Waals surface area (Å²) in [6.45, 7) is 0.473. The zero-order valence-corrected chi connectivity index (χ0v) is 21.5. The highest BCUT2D eigenvalue weighted by molar-refractivity contribution is 7.89. The first-order chi connectivity index (χ1) is 17.8. The Morgan fingerprint density at radius 3 is 2.57 bits per heavy atom. The number of hydrogen-bond donors (Lipinski definition) is 1. The first-order valence-corrected chi connectivity index (χ1v) is 13.3. The van der Waals surface area contributed by atoms with Gasteiger partial charge in [0.05, 0.1) is 18.2 Å². The smallest absolute Gasteiger partial charge is 0.258 e. The third-order valence-electron chi connectivity index (χ3n) is 5.81. The first-order valence-electron chi connectivity index (χ1n) is 11.4. The summed E-state index contributed by atoms with van der Waals surface area (Å²) in [6, 6.07) is 16.1. The maximum Gasteiger partial charge on any atom is 0.258 e. The van der Waals surface area contributed by atoms with E-state index in [9.17, 15) is 17.6 Å². The van der Waals surface area contributed by atoms with E-state index in [-0.39, 0.29) is 23.9 Å². The van der Waals surface area contributed by atoms with Crippen LogP contribution in [-0.4, -0.2) is 44.5 Å². The Morgan fingerprint density at radius 2 is 1.86 bits per heavy atom. The van der Waals surface area contributed by atoms with Gasteiger partial charge in [-0.1, -0.05) is 23.7 Å². The largest absolute Gasteiger partial charge is 0.493 e. The van der Waals surface area contributed by atoms with Gasteiger partial charge in [0.2, 0.25) is 10.0 Å². The minimum absolute atomic E-state index is 0.0777. The molecule has 0 spiro atoms. The van der Waals surface area contributed by atoms with E-state index in [4.69, 9.17) is 21.1 Å². The van der Waals surface area contributed by atoms with Crippen LogP contribution in [0.3, 0.4) is 0 Å². The molecule has 1 aliphatic rings. The summed E-state index contributed by atoms with van der Waals surface area (Å²) in [7, 11) is -2.36. The molecule has 1 aliphatic heterocycles. The minimum Gasteiger partial charge on any atom is -0.493 e. The molecule has 0 aromatic heterocycles. The van der Waals surface area contributed by atoms with Crippen molar-refractivity contribution in [3.63, 3.8) is 0 Å². The van der Waals surface area contributed by atoms with Gasteiger partial charge in [-0.25, -0.2) is 18.2 Å². The summed E-state index contributed by atoms with van der Waals surface area (Å²) in [4.78, 5) is 12.9.